The van der Waals surface area contributed by atoms with Crippen molar-refractivity contribution < 1.29 is 18.0 Å². The molecule has 1 N–H and O–H groups in total. The quantitative estimate of drug-likeness (QED) is 0.507. The van der Waals surface area contributed by atoms with Gasteiger partial charge >= 0.3 is 0 Å². The Kier molecular flexibility index (Phi) is 6.88. The van der Waals surface area contributed by atoms with Crippen LogP contribution in [-0.2, 0) is 26.2 Å². The van der Waals surface area contributed by atoms with Crippen molar-refractivity contribution >= 4 is 38.3 Å². The summed E-state index contributed by atoms with van der Waals surface area (Å²) in [7, 11) is -2.10. The molecule has 0 spiro atoms. The van der Waals surface area contributed by atoms with E-state index in [1.165, 1.54) is 4.31 Å². The van der Waals surface area contributed by atoms with Crippen molar-refractivity contribution in [1.29, 1.82) is 0 Å². The molecule has 1 heterocycles. The summed E-state index contributed by atoms with van der Waals surface area (Å²) < 4.78 is 27.8. The van der Waals surface area contributed by atoms with Crippen LogP contribution in [0.25, 0.3) is 10.8 Å². The fraction of sp³-hybridized carbons (Fsp3) is 0.308. The van der Waals surface area contributed by atoms with E-state index in [4.69, 9.17) is 0 Å². The molecule has 4 rings (SSSR count). The predicted molar refractivity (Wildman–Crippen MR) is 133 cm³/mol. The van der Waals surface area contributed by atoms with Gasteiger partial charge in [-0.2, -0.15) is 0 Å². The van der Waals surface area contributed by atoms with Gasteiger partial charge in [-0.15, -0.1) is 0 Å². The molecule has 3 aromatic rings. The average molecular weight is 480 g/mol. The Hall–Kier alpha value is -3.39. The first kappa shape index (κ1) is 23.8. The third-order valence-corrected chi connectivity index (χ3v) is 8.12. The molecule has 8 heteroatoms. The second kappa shape index (κ2) is 9.85. The first-order valence-corrected chi connectivity index (χ1v) is 12.9. The number of nitrogens with one attached hydrogen (secondary N) is 1. The van der Waals surface area contributed by atoms with Crippen molar-refractivity contribution in [3.63, 3.8) is 0 Å². The molecule has 0 aliphatic carbocycles. The van der Waals surface area contributed by atoms with Crippen molar-refractivity contribution in [3.05, 3.63) is 72.3 Å². The van der Waals surface area contributed by atoms with Crippen LogP contribution in [0.2, 0.25) is 0 Å². The first-order valence-electron chi connectivity index (χ1n) is 11.5. The van der Waals surface area contributed by atoms with Crippen LogP contribution in [0.5, 0.6) is 0 Å². The molecule has 1 aliphatic rings. The van der Waals surface area contributed by atoms with Crippen molar-refractivity contribution in [2.45, 2.75) is 43.7 Å². The highest BCUT2D eigenvalue weighted by molar-refractivity contribution is 7.93. The number of hydrogen-bond acceptors (Lipinski definition) is 4. The van der Waals surface area contributed by atoms with E-state index in [1.54, 1.807) is 30.1 Å². The molecule has 1 atom stereocenters. The minimum Gasteiger partial charge on any atom is -0.357 e. The van der Waals surface area contributed by atoms with Gasteiger partial charge < -0.3 is 10.2 Å². The van der Waals surface area contributed by atoms with E-state index >= 15 is 0 Å². The molecule has 2 amide bonds. The van der Waals surface area contributed by atoms with E-state index < -0.39 is 16.1 Å². The average Bonchev–Trinajstić information content (AvgIpc) is 3.07. The molecular weight excluding hydrogens is 450 g/mol. The largest absolute Gasteiger partial charge is 0.357 e. The Morgan fingerprint density at radius 2 is 1.71 bits per heavy atom. The number of carbonyl (C=O) groups excluding carboxylic acids is 2. The second-order valence-electron chi connectivity index (χ2n) is 8.36. The highest BCUT2D eigenvalue weighted by atomic mass is 32.2. The third-order valence-electron chi connectivity index (χ3n) is 6.26. The minimum atomic E-state index is -3.66. The summed E-state index contributed by atoms with van der Waals surface area (Å²) >= 11 is 0. The zero-order valence-corrected chi connectivity index (χ0v) is 20.2. The molecule has 0 bridgehead atoms. The zero-order chi connectivity index (χ0) is 24.3. The molecule has 3 aromatic carbocycles. The molecule has 34 heavy (non-hydrogen) atoms. The number of carbonyl (C=O) groups is 2. The molecule has 7 nitrogen and oxygen atoms in total. The molecule has 0 aromatic heterocycles. The lowest BCUT2D eigenvalue weighted by atomic mass is 10.1. The SMILES string of the molecule is CCC(C(=O)NC)N(Cc1ccccc1)C(=O)CCCN1c2cccc3cccc(c23)S1(=O)=O. The van der Waals surface area contributed by atoms with Gasteiger partial charge in [0.15, 0.2) is 0 Å². The van der Waals surface area contributed by atoms with E-state index in [-0.39, 0.29) is 24.8 Å². The molecule has 0 saturated carbocycles. The number of benzene rings is 3. The highest BCUT2D eigenvalue weighted by Gasteiger charge is 2.35. The van der Waals surface area contributed by atoms with Crippen LogP contribution in [0.15, 0.2) is 71.6 Å². The first-order chi connectivity index (χ1) is 16.4. The van der Waals surface area contributed by atoms with Crippen LogP contribution in [-0.4, -0.2) is 44.8 Å². The Bertz CT molecular complexity index is 1300. The van der Waals surface area contributed by atoms with Crippen LogP contribution in [0, 0.1) is 0 Å². The maximum atomic E-state index is 13.3. The van der Waals surface area contributed by atoms with Crippen LogP contribution >= 0.6 is 0 Å². The lowest BCUT2D eigenvalue weighted by Gasteiger charge is -2.30. The third kappa shape index (κ3) is 4.37. The molecule has 178 valence electrons. The Morgan fingerprint density at radius 1 is 1.00 bits per heavy atom. The topological polar surface area (TPSA) is 86.8 Å². The van der Waals surface area contributed by atoms with Gasteiger partial charge in [-0.05, 0) is 35.9 Å². The number of likely N-dealkylation sites (N-methyl/N-ethyl adjacent to an activating group) is 1. The van der Waals surface area contributed by atoms with Gasteiger partial charge in [-0.1, -0.05) is 61.5 Å². The van der Waals surface area contributed by atoms with E-state index in [0.717, 1.165) is 16.3 Å². The number of sulfonamides is 1. The summed E-state index contributed by atoms with van der Waals surface area (Å²) in [6.07, 6.45) is 0.965. The fourth-order valence-electron chi connectivity index (χ4n) is 4.58. The monoisotopic (exact) mass is 479 g/mol. The van der Waals surface area contributed by atoms with Crippen molar-refractivity contribution in [3.8, 4) is 0 Å². The number of hydrogen-bond donors (Lipinski definition) is 1. The van der Waals surface area contributed by atoms with Crippen LogP contribution in [0.1, 0.15) is 31.7 Å². The zero-order valence-electron chi connectivity index (χ0n) is 19.4. The van der Waals surface area contributed by atoms with Crippen molar-refractivity contribution in [2.24, 2.45) is 0 Å². The maximum absolute atomic E-state index is 13.3. The summed E-state index contributed by atoms with van der Waals surface area (Å²) in [5, 5.41) is 4.26. The van der Waals surface area contributed by atoms with E-state index in [0.29, 0.717) is 30.0 Å². The van der Waals surface area contributed by atoms with Gasteiger partial charge in [-0.3, -0.25) is 13.9 Å². The molecular formula is C26H29N3O4S. The molecule has 0 radical (unpaired) electrons. The molecule has 1 unspecified atom stereocenters. The molecule has 0 saturated heterocycles. The summed E-state index contributed by atoms with van der Waals surface area (Å²) in [6.45, 7) is 2.38. The van der Waals surface area contributed by atoms with Gasteiger partial charge in [0, 0.05) is 31.9 Å². The minimum absolute atomic E-state index is 0.138. The normalized spacial score (nSPS) is 14.7. The van der Waals surface area contributed by atoms with Gasteiger partial charge in [0.1, 0.15) is 6.04 Å². The van der Waals surface area contributed by atoms with Gasteiger partial charge in [0.25, 0.3) is 10.0 Å². The molecule has 1 aliphatic heterocycles. The lowest BCUT2D eigenvalue weighted by molar-refractivity contribution is -0.141. The van der Waals surface area contributed by atoms with E-state index in [1.807, 2.05) is 55.5 Å². The fourth-order valence-corrected chi connectivity index (χ4v) is 6.33. The molecule has 0 fully saturated rings. The van der Waals surface area contributed by atoms with Gasteiger partial charge in [0.05, 0.1) is 10.6 Å². The number of rotatable bonds is 9. The van der Waals surface area contributed by atoms with Crippen LogP contribution in [0.3, 0.4) is 0 Å². The number of anilines is 1. The smallest absolute Gasteiger partial charge is 0.265 e. The van der Waals surface area contributed by atoms with Crippen molar-refractivity contribution in [1.82, 2.24) is 10.2 Å². The summed E-state index contributed by atoms with van der Waals surface area (Å²) in [5.74, 6) is -0.386. The van der Waals surface area contributed by atoms with Crippen LogP contribution in [0.4, 0.5) is 5.69 Å². The van der Waals surface area contributed by atoms with E-state index in [2.05, 4.69) is 5.32 Å². The summed E-state index contributed by atoms with van der Waals surface area (Å²) in [5.41, 5.74) is 1.58. The lowest BCUT2D eigenvalue weighted by Crippen LogP contribution is -2.48. The highest BCUT2D eigenvalue weighted by Crippen LogP contribution is 2.42. The van der Waals surface area contributed by atoms with Gasteiger partial charge in [0.2, 0.25) is 11.8 Å². The Morgan fingerprint density at radius 3 is 2.38 bits per heavy atom. The van der Waals surface area contributed by atoms with Crippen molar-refractivity contribution in [2.75, 3.05) is 17.9 Å². The van der Waals surface area contributed by atoms with Gasteiger partial charge in [-0.25, -0.2) is 8.42 Å². The standard InChI is InChI=1S/C26H29N3O4S/c1-3-21(26(31)27-2)28(18-19-10-5-4-6-11-19)24(30)16-9-17-29-22-14-7-12-20-13-8-15-23(25(20)22)34(29,32)33/h4-8,10-15,21H,3,9,16-18H2,1-2H3,(H,27,31). The summed E-state index contributed by atoms with van der Waals surface area (Å²) in [4.78, 5) is 27.7. The van der Waals surface area contributed by atoms with E-state index in [9.17, 15) is 18.0 Å². The Labute approximate surface area is 200 Å². The van der Waals surface area contributed by atoms with Crippen LogP contribution < -0.4 is 9.62 Å². The Balaban J connectivity index is 1.51. The predicted octanol–water partition coefficient (Wildman–Crippen LogP) is 3.68. The number of nitrogens with zero attached hydrogens (tertiary/aromatic N) is 2. The number of amides is 2. The second-order valence-corrected chi connectivity index (χ2v) is 10.2. The maximum Gasteiger partial charge on any atom is 0.265 e. The summed E-state index contributed by atoms with van der Waals surface area (Å²) in [6, 6.07) is 19.8.